The van der Waals surface area contributed by atoms with Crippen LogP contribution < -0.4 is 0 Å². The standard InChI is InChI=1S/C12H11Cl2N3S/c13-9-4-1-7(5-10(9)14)6-18-12-15-11(16-17-12)8-2-3-8/h1,4-5,8H,2-3,6H2,(H,15,16,17). The fourth-order valence-corrected chi connectivity index (χ4v) is 2.71. The number of hydrogen-bond acceptors (Lipinski definition) is 3. The Balaban J connectivity index is 1.63. The van der Waals surface area contributed by atoms with Crippen LogP contribution >= 0.6 is 35.0 Å². The Kier molecular flexibility index (Phi) is 3.50. The number of nitrogens with zero attached hydrogens (tertiary/aromatic N) is 2. The van der Waals surface area contributed by atoms with Crippen molar-refractivity contribution in [2.45, 2.75) is 29.7 Å². The molecule has 18 heavy (non-hydrogen) atoms. The van der Waals surface area contributed by atoms with Crippen molar-refractivity contribution in [1.29, 1.82) is 0 Å². The summed E-state index contributed by atoms with van der Waals surface area (Å²) in [6.45, 7) is 0. The second-order valence-electron chi connectivity index (χ2n) is 4.31. The second-order valence-corrected chi connectivity index (χ2v) is 6.07. The maximum absolute atomic E-state index is 5.97. The van der Waals surface area contributed by atoms with Crippen LogP contribution in [0.2, 0.25) is 10.0 Å². The molecule has 6 heteroatoms. The number of rotatable bonds is 4. The van der Waals surface area contributed by atoms with Crippen LogP contribution in [0.15, 0.2) is 23.4 Å². The number of aromatic nitrogens is 3. The lowest BCUT2D eigenvalue weighted by molar-refractivity contribution is 0.932. The highest BCUT2D eigenvalue weighted by Crippen LogP contribution is 2.38. The van der Waals surface area contributed by atoms with Gasteiger partial charge in [-0.2, -0.15) is 0 Å². The van der Waals surface area contributed by atoms with E-state index in [-0.39, 0.29) is 0 Å². The summed E-state index contributed by atoms with van der Waals surface area (Å²) in [5.41, 5.74) is 1.12. The van der Waals surface area contributed by atoms with Gasteiger partial charge in [-0.25, -0.2) is 4.98 Å². The highest BCUT2D eigenvalue weighted by Gasteiger charge is 2.27. The quantitative estimate of drug-likeness (QED) is 0.857. The minimum atomic E-state index is 0.583. The normalized spacial score (nSPS) is 15.0. The van der Waals surface area contributed by atoms with Gasteiger partial charge in [0, 0.05) is 11.7 Å². The summed E-state index contributed by atoms with van der Waals surface area (Å²) >= 11 is 13.4. The number of nitrogens with one attached hydrogen (secondary N) is 1. The SMILES string of the molecule is Clc1ccc(CSc2n[nH]c(C3CC3)n2)cc1Cl. The minimum absolute atomic E-state index is 0.583. The molecule has 0 bridgehead atoms. The highest BCUT2D eigenvalue weighted by atomic mass is 35.5. The van der Waals surface area contributed by atoms with Gasteiger partial charge in [-0.05, 0) is 30.5 Å². The van der Waals surface area contributed by atoms with Gasteiger partial charge in [0.25, 0.3) is 0 Å². The number of H-pyrrole nitrogens is 1. The predicted molar refractivity (Wildman–Crippen MR) is 74.4 cm³/mol. The Hall–Kier alpha value is -0.710. The Bertz CT molecular complexity index is 566. The molecule has 1 aliphatic rings. The maximum Gasteiger partial charge on any atom is 0.208 e. The maximum atomic E-state index is 5.97. The molecule has 1 saturated carbocycles. The van der Waals surface area contributed by atoms with Crippen LogP contribution in [0.4, 0.5) is 0 Å². The third-order valence-corrected chi connectivity index (χ3v) is 4.46. The second kappa shape index (κ2) is 5.11. The lowest BCUT2D eigenvalue weighted by Crippen LogP contribution is -1.83. The van der Waals surface area contributed by atoms with E-state index in [1.54, 1.807) is 11.8 Å². The van der Waals surface area contributed by atoms with Gasteiger partial charge in [-0.15, -0.1) is 5.10 Å². The van der Waals surface area contributed by atoms with Crippen LogP contribution in [0.25, 0.3) is 0 Å². The van der Waals surface area contributed by atoms with Crippen molar-refractivity contribution >= 4 is 35.0 Å². The third-order valence-electron chi connectivity index (χ3n) is 2.80. The molecule has 0 unspecified atom stereocenters. The molecule has 1 aromatic heterocycles. The first-order chi connectivity index (χ1) is 8.72. The summed E-state index contributed by atoms with van der Waals surface area (Å²) in [5.74, 6) is 2.42. The lowest BCUT2D eigenvalue weighted by Gasteiger charge is -2.00. The molecule has 1 aromatic carbocycles. The number of thioether (sulfide) groups is 1. The first-order valence-corrected chi connectivity index (χ1v) is 7.45. The Morgan fingerprint density at radius 2 is 2.11 bits per heavy atom. The molecule has 3 nitrogen and oxygen atoms in total. The van der Waals surface area contributed by atoms with Crippen LogP contribution in [-0.4, -0.2) is 15.2 Å². The average molecular weight is 300 g/mol. The zero-order valence-corrected chi connectivity index (χ0v) is 11.8. The molecular weight excluding hydrogens is 289 g/mol. The summed E-state index contributed by atoms with van der Waals surface area (Å²) in [6.07, 6.45) is 2.46. The summed E-state index contributed by atoms with van der Waals surface area (Å²) in [4.78, 5) is 4.46. The van der Waals surface area contributed by atoms with Gasteiger partial charge in [0.2, 0.25) is 5.16 Å². The molecule has 0 aliphatic heterocycles. The molecule has 0 spiro atoms. The molecule has 0 radical (unpaired) electrons. The molecule has 1 aliphatic carbocycles. The van der Waals surface area contributed by atoms with Gasteiger partial charge in [-0.3, -0.25) is 5.10 Å². The van der Waals surface area contributed by atoms with E-state index >= 15 is 0 Å². The molecule has 1 N–H and O–H groups in total. The summed E-state index contributed by atoms with van der Waals surface area (Å²) in [6, 6.07) is 5.66. The Labute approximate surface area is 119 Å². The van der Waals surface area contributed by atoms with Gasteiger partial charge < -0.3 is 0 Å². The van der Waals surface area contributed by atoms with E-state index in [0.717, 1.165) is 22.3 Å². The molecule has 94 valence electrons. The lowest BCUT2D eigenvalue weighted by atomic mass is 10.2. The summed E-state index contributed by atoms with van der Waals surface area (Å²) in [7, 11) is 0. The van der Waals surface area contributed by atoms with E-state index in [9.17, 15) is 0 Å². The number of halogens is 2. The fraction of sp³-hybridized carbons (Fsp3) is 0.333. The van der Waals surface area contributed by atoms with Crippen molar-refractivity contribution in [3.8, 4) is 0 Å². The largest absolute Gasteiger partial charge is 0.262 e. The van der Waals surface area contributed by atoms with Crippen LogP contribution in [-0.2, 0) is 5.75 Å². The van der Waals surface area contributed by atoms with Gasteiger partial charge in [0.05, 0.1) is 10.0 Å². The molecule has 0 saturated heterocycles. The molecule has 2 aromatic rings. The van der Waals surface area contributed by atoms with E-state index in [4.69, 9.17) is 23.2 Å². The van der Waals surface area contributed by atoms with Crippen molar-refractivity contribution in [2.75, 3.05) is 0 Å². The Morgan fingerprint density at radius 3 is 2.83 bits per heavy atom. The van der Waals surface area contributed by atoms with Crippen molar-refractivity contribution < 1.29 is 0 Å². The predicted octanol–water partition coefficient (Wildman–Crippen LogP) is 4.28. The Morgan fingerprint density at radius 1 is 1.28 bits per heavy atom. The minimum Gasteiger partial charge on any atom is -0.262 e. The van der Waals surface area contributed by atoms with E-state index in [1.165, 1.54) is 12.8 Å². The van der Waals surface area contributed by atoms with Gasteiger partial charge in [0.1, 0.15) is 5.82 Å². The molecule has 0 atom stereocenters. The van der Waals surface area contributed by atoms with Crippen molar-refractivity contribution in [3.05, 3.63) is 39.6 Å². The van der Waals surface area contributed by atoms with Crippen LogP contribution in [0.3, 0.4) is 0 Å². The molecule has 1 fully saturated rings. The van der Waals surface area contributed by atoms with Crippen molar-refractivity contribution in [3.63, 3.8) is 0 Å². The zero-order valence-electron chi connectivity index (χ0n) is 9.49. The monoisotopic (exact) mass is 299 g/mol. The first kappa shape index (κ1) is 12.3. The van der Waals surface area contributed by atoms with Gasteiger partial charge in [-0.1, -0.05) is 41.0 Å². The van der Waals surface area contributed by atoms with Crippen LogP contribution in [0.5, 0.6) is 0 Å². The average Bonchev–Trinajstić information content (AvgIpc) is 3.11. The number of benzene rings is 1. The first-order valence-electron chi connectivity index (χ1n) is 5.71. The van der Waals surface area contributed by atoms with Gasteiger partial charge >= 0.3 is 0 Å². The van der Waals surface area contributed by atoms with Crippen molar-refractivity contribution in [2.24, 2.45) is 0 Å². The van der Waals surface area contributed by atoms with E-state index < -0.39 is 0 Å². The highest BCUT2D eigenvalue weighted by molar-refractivity contribution is 7.98. The number of hydrogen-bond donors (Lipinski definition) is 1. The van der Waals surface area contributed by atoms with E-state index in [0.29, 0.717) is 16.0 Å². The topological polar surface area (TPSA) is 41.6 Å². The smallest absolute Gasteiger partial charge is 0.208 e. The molecule has 0 amide bonds. The van der Waals surface area contributed by atoms with Crippen molar-refractivity contribution in [1.82, 2.24) is 15.2 Å². The summed E-state index contributed by atoms with van der Waals surface area (Å²) in [5, 5.41) is 9.16. The molecular formula is C12H11Cl2N3S. The van der Waals surface area contributed by atoms with E-state index in [2.05, 4.69) is 15.2 Å². The molecule has 1 heterocycles. The van der Waals surface area contributed by atoms with Crippen LogP contribution in [0, 0.1) is 0 Å². The fourth-order valence-electron chi connectivity index (χ4n) is 1.64. The van der Waals surface area contributed by atoms with E-state index in [1.807, 2.05) is 18.2 Å². The third kappa shape index (κ3) is 2.82. The number of aromatic amines is 1. The molecule has 3 rings (SSSR count). The van der Waals surface area contributed by atoms with Gasteiger partial charge in [0.15, 0.2) is 0 Å². The summed E-state index contributed by atoms with van der Waals surface area (Å²) < 4.78 is 0. The van der Waals surface area contributed by atoms with Crippen LogP contribution in [0.1, 0.15) is 30.1 Å². The zero-order chi connectivity index (χ0) is 12.5.